The molecule has 0 unspecified atom stereocenters. The molecule has 2 aromatic carbocycles. The molecule has 8 heteroatoms. The van der Waals surface area contributed by atoms with E-state index in [0.29, 0.717) is 29.4 Å². The number of ether oxygens (including phenoxy) is 2. The lowest BCUT2D eigenvalue weighted by atomic mass is 10.1. The van der Waals surface area contributed by atoms with Gasteiger partial charge in [-0.05, 0) is 43.5 Å². The molecule has 4 rings (SSSR count). The minimum atomic E-state index is -0.529. The molecule has 0 bridgehead atoms. The highest BCUT2D eigenvalue weighted by molar-refractivity contribution is 5.97. The number of nitrogens with one attached hydrogen (secondary N) is 1. The second-order valence-corrected chi connectivity index (χ2v) is 7.66. The van der Waals surface area contributed by atoms with E-state index in [-0.39, 0.29) is 5.88 Å². The summed E-state index contributed by atoms with van der Waals surface area (Å²) in [6.45, 7) is 2.83. The van der Waals surface area contributed by atoms with E-state index >= 15 is 0 Å². The lowest BCUT2D eigenvalue weighted by molar-refractivity contribution is -0.927. The Hall–Kier alpha value is -3.39. The summed E-state index contributed by atoms with van der Waals surface area (Å²) in [5.74, 6) is 0.464. The molecular weight excluding hydrogens is 396 g/mol. The predicted octanol–water partition coefficient (Wildman–Crippen LogP) is 3.31. The minimum Gasteiger partial charge on any atom is -0.493 e. The van der Waals surface area contributed by atoms with Gasteiger partial charge in [0.05, 0.1) is 32.8 Å². The normalized spacial score (nSPS) is 14.9. The van der Waals surface area contributed by atoms with Crippen LogP contribution < -0.4 is 14.4 Å². The van der Waals surface area contributed by atoms with Crippen LogP contribution in [0.3, 0.4) is 0 Å². The van der Waals surface area contributed by atoms with Gasteiger partial charge in [0.15, 0.2) is 23.9 Å². The number of benzene rings is 2. The number of aromatic hydroxyl groups is 1. The maximum Gasteiger partial charge on any atom is 0.295 e. The molecule has 2 N–H and O–H groups in total. The number of hydrogen-bond acceptors (Lipinski definition) is 5. The number of aromatic nitrogens is 1. The Kier molecular flexibility index (Phi) is 6.18. The second-order valence-electron chi connectivity index (χ2n) is 7.66. The number of fused-ring (bicyclic) bond motifs is 1. The van der Waals surface area contributed by atoms with Crippen LogP contribution in [0.4, 0.5) is 5.69 Å². The number of carbonyl (C=O) groups excluding carboxylic acids is 1. The first kappa shape index (κ1) is 20.9. The fourth-order valence-electron chi connectivity index (χ4n) is 4.09. The first-order chi connectivity index (χ1) is 15.1. The van der Waals surface area contributed by atoms with Gasteiger partial charge in [-0.25, -0.2) is 0 Å². The average molecular weight is 423 g/mol. The van der Waals surface area contributed by atoms with Gasteiger partial charge < -0.3 is 19.5 Å². The van der Waals surface area contributed by atoms with Crippen molar-refractivity contribution in [3.05, 3.63) is 48.0 Å². The topological polar surface area (TPSA) is 89.9 Å². The molecule has 0 spiro atoms. The molecule has 0 saturated carbocycles. The van der Waals surface area contributed by atoms with E-state index in [0.717, 1.165) is 24.0 Å². The minimum absolute atomic E-state index is 0.0307. The Morgan fingerprint density at radius 3 is 2.55 bits per heavy atom. The van der Waals surface area contributed by atoms with Gasteiger partial charge in [-0.1, -0.05) is 18.2 Å². The van der Waals surface area contributed by atoms with Crippen LogP contribution in [-0.2, 0) is 6.67 Å². The van der Waals surface area contributed by atoms with E-state index < -0.39 is 5.91 Å². The zero-order valence-corrected chi connectivity index (χ0v) is 17.8. The number of amides is 1. The molecule has 1 aromatic heterocycles. The van der Waals surface area contributed by atoms with Crippen molar-refractivity contribution in [2.45, 2.75) is 25.9 Å². The van der Waals surface area contributed by atoms with Crippen LogP contribution >= 0.6 is 0 Å². The van der Waals surface area contributed by atoms with Crippen molar-refractivity contribution in [3.8, 4) is 17.4 Å². The molecule has 0 aliphatic carbocycles. The van der Waals surface area contributed by atoms with E-state index in [2.05, 4.69) is 10.2 Å². The van der Waals surface area contributed by atoms with Crippen LogP contribution in [0.2, 0.25) is 0 Å². The largest absolute Gasteiger partial charge is 0.493 e. The van der Waals surface area contributed by atoms with Crippen molar-refractivity contribution in [2.24, 2.45) is 10.2 Å². The van der Waals surface area contributed by atoms with Crippen molar-refractivity contribution in [3.63, 3.8) is 0 Å². The number of carbonyl (C=O) groups is 1. The number of piperidine rings is 1. The van der Waals surface area contributed by atoms with E-state index in [1.807, 2.05) is 28.8 Å². The van der Waals surface area contributed by atoms with E-state index in [4.69, 9.17) is 9.47 Å². The molecule has 2 heterocycles. The summed E-state index contributed by atoms with van der Waals surface area (Å²) in [6, 6.07) is 12.5. The van der Waals surface area contributed by atoms with Crippen LogP contribution in [0.5, 0.6) is 17.4 Å². The molecule has 8 nitrogen and oxygen atoms in total. The standard InChI is InChI=1S/C23H26N4O4/c1-30-19-11-10-16(14-20(19)31-2)22(28)25-24-21-17-8-4-5-9-18(17)27(23(21)29)15-26-12-6-3-7-13-26/h4-5,8-11,14,29H,3,6-7,12-13,15H2,1-2H3/p+1. The smallest absolute Gasteiger partial charge is 0.295 e. The van der Waals surface area contributed by atoms with Crippen LogP contribution in [0.25, 0.3) is 10.9 Å². The van der Waals surface area contributed by atoms with Gasteiger partial charge >= 0.3 is 0 Å². The summed E-state index contributed by atoms with van der Waals surface area (Å²) in [5.41, 5.74) is 1.51. The van der Waals surface area contributed by atoms with Gasteiger partial charge in [0.25, 0.3) is 5.91 Å². The van der Waals surface area contributed by atoms with Crippen LogP contribution in [-0.4, -0.2) is 42.9 Å². The number of para-hydroxylation sites is 1. The highest BCUT2D eigenvalue weighted by atomic mass is 16.5. The molecule has 1 amide bonds. The van der Waals surface area contributed by atoms with Crippen molar-refractivity contribution in [1.82, 2.24) is 4.57 Å². The maximum atomic E-state index is 12.6. The van der Waals surface area contributed by atoms with Crippen LogP contribution in [0, 0.1) is 0 Å². The third kappa shape index (κ3) is 4.25. The number of hydrogen-bond donors (Lipinski definition) is 2. The molecule has 1 saturated heterocycles. The number of rotatable bonds is 6. The highest BCUT2D eigenvalue weighted by Gasteiger charge is 2.21. The number of nitrogens with zero attached hydrogens (tertiary/aromatic N) is 3. The summed E-state index contributed by atoms with van der Waals surface area (Å²) in [5, 5.41) is 19.7. The van der Waals surface area contributed by atoms with Crippen molar-refractivity contribution >= 4 is 22.5 Å². The summed E-state index contributed by atoms with van der Waals surface area (Å²) in [6.07, 6.45) is 3.66. The van der Waals surface area contributed by atoms with Gasteiger partial charge in [0.1, 0.15) is 0 Å². The summed E-state index contributed by atoms with van der Waals surface area (Å²) >= 11 is 0. The van der Waals surface area contributed by atoms with E-state index in [1.165, 1.54) is 38.4 Å². The van der Waals surface area contributed by atoms with Gasteiger partial charge in [-0.15, -0.1) is 10.2 Å². The lowest BCUT2D eigenvalue weighted by Gasteiger charge is -2.24. The third-order valence-corrected chi connectivity index (χ3v) is 5.73. The molecule has 31 heavy (non-hydrogen) atoms. The number of likely N-dealkylation sites (tertiary alicyclic amines) is 1. The fourth-order valence-corrected chi connectivity index (χ4v) is 4.09. The summed E-state index contributed by atoms with van der Waals surface area (Å²) in [4.78, 5) is 14.0. The van der Waals surface area contributed by atoms with Gasteiger partial charge in [-0.3, -0.25) is 9.36 Å². The zero-order valence-electron chi connectivity index (χ0n) is 17.8. The molecule has 162 valence electrons. The number of quaternary nitrogens is 1. The Morgan fingerprint density at radius 1 is 1.06 bits per heavy atom. The van der Waals surface area contributed by atoms with Gasteiger partial charge in [-0.2, -0.15) is 0 Å². The Morgan fingerprint density at radius 2 is 1.81 bits per heavy atom. The monoisotopic (exact) mass is 423 g/mol. The SMILES string of the molecule is COc1ccc(C(=O)N=Nc2c(O)n(C[NH+]3CCCCC3)c3ccccc23)cc1OC. The van der Waals surface area contributed by atoms with Crippen LogP contribution in [0.1, 0.15) is 29.6 Å². The average Bonchev–Trinajstić information content (AvgIpc) is 3.08. The first-order valence-electron chi connectivity index (χ1n) is 10.4. The Labute approximate surface area is 180 Å². The molecule has 1 aliphatic heterocycles. The quantitative estimate of drug-likeness (QED) is 0.595. The number of azo groups is 1. The molecule has 3 aromatic rings. The Balaban J connectivity index is 1.64. The molecule has 0 atom stereocenters. The van der Waals surface area contributed by atoms with Crippen molar-refractivity contribution in [1.29, 1.82) is 0 Å². The van der Waals surface area contributed by atoms with Crippen LogP contribution in [0.15, 0.2) is 52.7 Å². The highest BCUT2D eigenvalue weighted by Crippen LogP contribution is 2.38. The van der Waals surface area contributed by atoms with E-state index in [1.54, 1.807) is 18.2 Å². The Bertz CT molecular complexity index is 1120. The first-order valence-corrected chi connectivity index (χ1v) is 10.4. The maximum absolute atomic E-state index is 12.6. The summed E-state index contributed by atoms with van der Waals surface area (Å²) < 4.78 is 12.3. The molecule has 0 radical (unpaired) electrons. The molecule has 1 aliphatic rings. The van der Waals surface area contributed by atoms with Crippen molar-refractivity contribution < 1.29 is 24.3 Å². The number of methoxy groups -OCH3 is 2. The zero-order chi connectivity index (χ0) is 21.8. The van der Waals surface area contributed by atoms with Crippen molar-refractivity contribution in [2.75, 3.05) is 27.3 Å². The molecular formula is C23H27N4O4+. The summed E-state index contributed by atoms with van der Waals surface area (Å²) in [7, 11) is 3.04. The van der Waals surface area contributed by atoms with E-state index in [9.17, 15) is 9.90 Å². The molecule has 1 fully saturated rings. The van der Waals surface area contributed by atoms with Gasteiger partial charge in [0, 0.05) is 10.9 Å². The third-order valence-electron chi connectivity index (χ3n) is 5.73. The fraction of sp³-hybridized carbons (Fsp3) is 0.348. The second kappa shape index (κ2) is 9.18. The van der Waals surface area contributed by atoms with Gasteiger partial charge in [0.2, 0.25) is 5.88 Å². The predicted molar refractivity (Wildman–Crippen MR) is 117 cm³/mol. The lowest BCUT2D eigenvalue weighted by Crippen LogP contribution is -3.12.